The fourth-order valence-corrected chi connectivity index (χ4v) is 3.31. The van der Waals surface area contributed by atoms with Crippen LogP contribution in [0.15, 0.2) is 41.3 Å². The van der Waals surface area contributed by atoms with Gasteiger partial charge in [-0.25, -0.2) is 8.42 Å². The summed E-state index contributed by atoms with van der Waals surface area (Å²) in [5.74, 6) is 0.597. The summed E-state index contributed by atoms with van der Waals surface area (Å²) in [5.41, 5.74) is 2.57. The second-order valence-corrected chi connectivity index (χ2v) is 7.01. The van der Waals surface area contributed by atoms with Crippen molar-refractivity contribution in [1.82, 2.24) is 0 Å². The molecular formula is C17H19NO4S. The van der Waals surface area contributed by atoms with Gasteiger partial charge in [-0.05, 0) is 56.2 Å². The van der Waals surface area contributed by atoms with E-state index in [0.29, 0.717) is 17.0 Å². The molecule has 0 bridgehead atoms. The summed E-state index contributed by atoms with van der Waals surface area (Å²) < 4.78 is 32.7. The van der Waals surface area contributed by atoms with E-state index in [-0.39, 0.29) is 10.7 Å². The van der Waals surface area contributed by atoms with Crippen molar-refractivity contribution >= 4 is 21.5 Å². The van der Waals surface area contributed by atoms with Crippen LogP contribution in [0.5, 0.6) is 5.75 Å². The fourth-order valence-electron chi connectivity index (χ4n) is 2.19. The summed E-state index contributed by atoms with van der Waals surface area (Å²) >= 11 is 0. The van der Waals surface area contributed by atoms with E-state index in [1.807, 2.05) is 6.92 Å². The van der Waals surface area contributed by atoms with Crippen molar-refractivity contribution in [3.05, 3.63) is 53.1 Å². The molecule has 0 aromatic heterocycles. The maximum atomic E-state index is 12.5. The number of sulfonamides is 1. The third-order valence-corrected chi connectivity index (χ3v) is 4.94. The molecule has 2 aromatic carbocycles. The van der Waals surface area contributed by atoms with Crippen LogP contribution >= 0.6 is 0 Å². The van der Waals surface area contributed by atoms with Gasteiger partial charge in [-0.1, -0.05) is 12.1 Å². The van der Waals surface area contributed by atoms with Crippen LogP contribution in [0.3, 0.4) is 0 Å². The molecule has 1 N–H and O–H groups in total. The molecule has 122 valence electrons. The van der Waals surface area contributed by atoms with Crippen molar-refractivity contribution in [2.24, 2.45) is 0 Å². The van der Waals surface area contributed by atoms with Crippen molar-refractivity contribution in [3.63, 3.8) is 0 Å². The lowest BCUT2D eigenvalue weighted by Crippen LogP contribution is -2.14. The molecule has 0 aliphatic heterocycles. The van der Waals surface area contributed by atoms with Gasteiger partial charge in [-0.3, -0.25) is 9.52 Å². The number of rotatable bonds is 5. The Balaban J connectivity index is 2.34. The fraction of sp³-hybridized carbons (Fsp3) is 0.235. The van der Waals surface area contributed by atoms with Crippen molar-refractivity contribution in [2.75, 3.05) is 11.8 Å². The molecule has 0 atom stereocenters. The first-order valence-corrected chi connectivity index (χ1v) is 8.52. The molecule has 0 unspecified atom stereocenters. The first-order chi connectivity index (χ1) is 10.7. The Hall–Kier alpha value is -2.34. The van der Waals surface area contributed by atoms with Gasteiger partial charge in [-0.2, -0.15) is 0 Å². The van der Waals surface area contributed by atoms with Crippen LogP contribution < -0.4 is 9.46 Å². The lowest BCUT2D eigenvalue weighted by atomic mass is 10.1. The van der Waals surface area contributed by atoms with Gasteiger partial charge in [0.2, 0.25) is 0 Å². The van der Waals surface area contributed by atoms with E-state index in [4.69, 9.17) is 4.74 Å². The second-order valence-electron chi connectivity index (χ2n) is 5.32. The SMILES string of the molecule is COc1cc(C)c(NS(=O)(=O)c2ccc(C(C)=O)cc2)cc1C. The molecule has 0 aliphatic rings. The number of ether oxygens (including phenoxy) is 1. The monoisotopic (exact) mass is 333 g/mol. The third-order valence-electron chi connectivity index (χ3n) is 3.56. The number of hydrogen-bond acceptors (Lipinski definition) is 4. The number of anilines is 1. The first kappa shape index (κ1) is 17.0. The molecule has 2 rings (SSSR count). The van der Waals surface area contributed by atoms with E-state index < -0.39 is 10.0 Å². The Morgan fingerprint density at radius 3 is 2.17 bits per heavy atom. The van der Waals surface area contributed by atoms with Crippen LogP contribution in [0, 0.1) is 13.8 Å². The smallest absolute Gasteiger partial charge is 0.261 e. The van der Waals surface area contributed by atoms with Crippen LogP contribution in [0.25, 0.3) is 0 Å². The maximum absolute atomic E-state index is 12.5. The van der Waals surface area contributed by atoms with Gasteiger partial charge in [0.1, 0.15) is 5.75 Å². The van der Waals surface area contributed by atoms with E-state index >= 15 is 0 Å². The van der Waals surface area contributed by atoms with Gasteiger partial charge in [-0.15, -0.1) is 0 Å². The molecule has 23 heavy (non-hydrogen) atoms. The van der Waals surface area contributed by atoms with Crippen molar-refractivity contribution in [2.45, 2.75) is 25.7 Å². The average Bonchev–Trinajstić information content (AvgIpc) is 2.50. The van der Waals surface area contributed by atoms with Gasteiger partial charge in [0.15, 0.2) is 5.78 Å². The molecule has 6 heteroatoms. The third kappa shape index (κ3) is 3.71. The van der Waals surface area contributed by atoms with Crippen molar-refractivity contribution in [3.8, 4) is 5.75 Å². The summed E-state index contributed by atoms with van der Waals surface area (Å²) in [7, 11) is -2.15. The minimum Gasteiger partial charge on any atom is -0.496 e. The summed E-state index contributed by atoms with van der Waals surface area (Å²) in [6.45, 7) is 5.08. The number of ketones is 1. The molecule has 0 saturated carbocycles. The normalized spacial score (nSPS) is 11.1. The van der Waals surface area contributed by atoms with Gasteiger partial charge >= 0.3 is 0 Å². The maximum Gasteiger partial charge on any atom is 0.261 e. The van der Waals surface area contributed by atoms with Gasteiger partial charge in [0.05, 0.1) is 17.7 Å². The highest BCUT2D eigenvalue weighted by Crippen LogP contribution is 2.27. The lowest BCUT2D eigenvalue weighted by molar-refractivity contribution is 0.101. The Kier molecular flexibility index (Phi) is 4.75. The highest BCUT2D eigenvalue weighted by molar-refractivity contribution is 7.92. The zero-order chi connectivity index (χ0) is 17.2. The predicted molar refractivity (Wildman–Crippen MR) is 89.7 cm³/mol. The van der Waals surface area contributed by atoms with Crippen molar-refractivity contribution < 1.29 is 17.9 Å². The average molecular weight is 333 g/mol. The van der Waals surface area contributed by atoms with E-state index in [2.05, 4.69) is 4.72 Å². The van der Waals surface area contributed by atoms with Gasteiger partial charge < -0.3 is 4.74 Å². The summed E-state index contributed by atoms with van der Waals surface area (Å²) in [6, 6.07) is 9.36. The number of methoxy groups -OCH3 is 1. The topological polar surface area (TPSA) is 72.5 Å². The van der Waals surface area contributed by atoms with Crippen molar-refractivity contribution in [1.29, 1.82) is 0 Å². The van der Waals surface area contributed by atoms with E-state index in [1.165, 1.54) is 31.2 Å². The molecular weight excluding hydrogens is 314 g/mol. The number of Topliss-reactive ketones (excluding diaryl/α,β-unsaturated/α-hetero) is 1. The Morgan fingerprint density at radius 1 is 1.04 bits per heavy atom. The van der Waals surface area contributed by atoms with Crippen LogP contribution in [-0.4, -0.2) is 21.3 Å². The number of aryl methyl sites for hydroxylation is 2. The largest absolute Gasteiger partial charge is 0.496 e. The minimum absolute atomic E-state index is 0.107. The standard InChI is InChI=1S/C17H19NO4S/c1-11-10-17(22-4)12(2)9-16(11)18-23(20,21)15-7-5-14(6-8-15)13(3)19/h5-10,18H,1-4H3. The van der Waals surface area contributed by atoms with Crippen LogP contribution in [0.4, 0.5) is 5.69 Å². The summed E-state index contributed by atoms with van der Waals surface area (Å²) in [6.07, 6.45) is 0. The first-order valence-electron chi connectivity index (χ1n) is 7.03. The molecule has 0 spiro atoms. The zero-order valence-electron chi connectivity index (χ0n) is 13.5. The van der Waals surface area contributed by atoms with Crippen LogP contribution in [-0.2, 0) is 10.0 Å². The highest BCUT2D eigenvalue weighted by atomic mass is 32.2. The molecule has 0 saturated heterocycles. The minimum atomic E-state index is -3.72. The Labute approximate surface area is 136 Å². The molecule has 5 nitrogen and oxygen atoms in total. The Bertz CT molecular complexity index is 840. The van der Waals surface area contributed by atoms with Gasteiger partial charge in [0.25, 0.3) is 10.0 Å². The number of nitrogens with one attached hydrogen (secondary N) is 1. The molecule has 0 heterocycles. The number of benzene rings is 2. The Morgan fingerprint density at radius 2 is 1.65 bits per heavy atom. The van der Waals surface area contributed by atoms with Gasteiger partial charge in [0, 0.05) is 5.56 Å². The second kappa shape index (κ2) is 6.42. The molecule has 0 radical (unpaired) electrons. The van der Waals surface area contributed by atoms with Crippen LogP contribution in [0.1, 0.15) is 28.4 Å². The zero-order valence-corrected chi connectivity index (χ0v) is 14.3. The molecule has 0 fully saturated rings. The van der Waals surface area contributed by atoms with E-state index in [1.54, 1.807) is 26.2 Å². The number of carbonyl (C=O) groups excluding carboxylic acids is 1. The highest BCUT2D eigenvalue weighted by Gasteiger charge is 2.16. The predicted octanol–water partition coefficient (Wildman–Crippen LogP) is 3.32. The lowest BCUT2D eigenvalue weighted by Gasteiger charge is -2.14. The molecule has 0 amide bonds. The quantitative estimate of drug-likeness (QED) is 0.852. The van der Waals surface area contributed by atoms with E-state index in [9.17, 15) is 13.2 Å². The molecule has 0 aliphatic carbocycles. The summed E-state index contributed by atoms with van der Waals surface area (Å²) in [4.78, 5) is 11.4. The van der Waals surface area contributed by atoms with E-state index in [0.717, 1.165) is 11.1 Å². The summed E-state index contributed by atoms with van der Waals surface area (Å²) in [5, 5.41) is 0. The number of hydrogen-bond donors (Lipinski definition) is 1. The number of carbonyl (C=O) groups is 1. The molecule has 2 aromatic rings. The van der Waals surface area contributed by atoms with Crippen LogP contribution in [0.2, 0.25) is 0 Å².